The Kier molecular flexibility index (Phi) is 4.41. The van der Waals surface area contributed by atoms with Crippen molar-refractivity contribution in [2.24, 2.45) is 5.73 Å². The number of nitrogens with two attached hydrogens (primary N) is 1. The SMILES string of the molecule is N#CCS(=O)C[C@H](N)C(=O)O. The number of carbonyl (C=O) groups is 1. The summed E-state index contributed by atoms with van der Waals surface area (Å²) in [6, 6.07) is 0.528. The molecular formula is C5H8N2O3S. The van der Waals surface area contributed by atoms with Crippen LogP contribution in [0.15, 0.2) is 0 Å². The summed E-state index contributed by atoms with van der Waals surface area (Å²) in [5.41, 5.74) is 5.05. The van der Waals surface area contributed by atoms with Crippen LogP contribution in [0.2, 0.25) is 0 Å². The van der Waals surface area contributed by atoms with Gasteiger partial charge in [-0.15, -0.1) is 0 Å². The van der Waals surface area contributed by atoms with Gasteiger partial charge in [-0.2, -0.15) is 5.26 Å². The van der Waals surface area contributed by atoms with Crippen LogP contribution in [-0.2, 0) is 15.6 Å². The van der Waals surface area contributed by atoms with E-state index >= 15 is 0 Å². The summed E-state index contributed by atoms with van der Waals surface area (Å²) in [4.78, 5) is 10.1. The number of rotatable bonds is 4. The van der Waals surface area contributed by atoms with E-state index < -0.39 is 22.8 Å². The van der Waals surface area contributed by atoms with Crippen molar-refractivity contribution in [3.63, 3.8) is 0 Å². The second kappa shape index (κ2) is 4.82. The molecule has 3 N–H and O–H groups in total. The van der Waals surface area contributed by atoms with Gasteiger partial charge in [-0.1, -0.05) is 0 Å². The van der Waals surface area contributed by atoms with Gasteiger partial charge in [0.2, 0.25) is 0 Å². The quantitative estimate of drug-likeness (QED) is 0.552. The Morgan fingerprint density at radius 1 is 1.82 bits per heavy atom. The van der Waals surface area contributed by atoms with E-state index in [0.717, 1.165) is 0 Å². The van der Waals surface area contributed by atoms with Gasteiger partial charge in [0.15, 0.2) is 0 Å². The van der Waals surface area contributed by atoms with Crippen LogP contribution in [0.3, 0.4) is 0 Å². The maximum absolute atomic E-state index is 10.7. The number of nitriles is 1. The van der Waals surface area contributed by atoms with Gasteiger partial charge in [-0.25, -0.2) is 0 Å². The third kappa shape index (κ3) is 4.47. The van der Waals surface area contributed by atoms with Gasteiger partial charge in [0.05, 0.1) is 11.8 Å². The highest BCUT2D eigenvalue weighted by molar-refractivity contribution is 7.85. The van der Waals surface area contributed by atoms with Crippen LogP contribution in [0.25, 0.3) is 0 Å². The average molecular weight is 176 g/mol. The van der Waals surface area contributed by atoms with Crippen LogP contribution in [-0.4, -0.2) is 32.8 Å². The lowest BCUT2D eigenvalue weighted by molar-refractivity contribution is -0.137. The molecule has 0 aliphatic heterocycles. The molecule has 6 heteroatoms. The Bertz CT molecular complexity index is 210. The van der Waals surface area contributed by atoms with E-state index in [9.17, 15) is 9.00 Å². The highest BCUT2D eigenvalue weighted by atomic mass is 32.2. The molecule has 1 unspecified atom stereocenters. The molecule has 0 heterocycles. The molecular weight excluding hydrogens is 168 g/mol. The molecule has 0 amide bonds. The first-order chi connectivity index (χ1) is 5.07. The summed E-state index contributed by atoms with van der Waals surface area (Å²) in [6.07, 6.45) is 0. The summed E-state index contributed by atoms with van der Waals surface area (Å²) in [7, 11) is -1.44. The number of carboxylic acids is 1. The minimum Gasteiger partial charge on any atom is -0.480 e. The van der Waals surface area contributed by atoms with Crippen LogP contribution in [0, 0.1) is 11.3 Å². The van der Waals surface area contributed by atoms with E-state index in [1.165, 1.54) is 0 Å². The minimum absolute atomic E-state index is 0.164. The molecule has 0 aromatic heterocycles. The maximum atomic E-state index is 10.7. The number of carboxylic acid groups (broad SMARTS) is 1. The fourth-order valence-corrected chi connectivity index (χ4v) is 1.21. The van der Waals surface area contributed by atoms with Gasteiger partial charge in [-0.3, -0.25) is 9.00 Å². The van der Waals surface area contributed by atoms with Gasteiger partial charge in [0.25, 0.3) is 0 Å². The van der Waals surface area contributed by atoms with Crippen LogP contribution >= 0.6 is 0 Å². The summed E-state index contributed by atoms with van der Waals surface area (Å²) < 4.78 is 10.7. The summed E-state index contributed by atoms with van der Waals surface area (Å²) in [5, 5.41) is 16.3. The predicted molar refractivity (Wildman–Crippen MR) is 39.1 cm³/mol. The lowest BCUT2D eigenvalue weighted by Crippen LogP contribution is -2.35. The average Bonchev–Trinajstić information content (AvgIpc) is 1.87. The van der Waals surface area contributed by atoms with Crippen molar-refractivity contribution >= 4 is 16.8 Å². The normalized spacial score (nSPS) is 14.9. The van der Waals surface area contributed by atoms with Crippen molar-refractivity contribution < 1.29 is 14.1 Å². The fraction of sp³-hybridized carbons (Fsp3) is 0.600. The predicted octanol–water partition coefficient (Wildman–Crippen LogP) is -1.33. The van der Waals surface area contributed by atoms with Crippen molar-refractivity contribution in [1.82, 2.24) is 0 Å². The molecule has 0 spiro atoms. The summed E-state index contributed by atoms with van der Waals surface area (Å²) in [6.45, 7) is 0. The largest absolute Gasteiger partial charge is 0.480 e. The Morgan fingerprint density at radius 3 is 2.73 bits per heavy atom. The monoisotopic (exact) mass is 176 g/mol. The number of nitrogens with zero attached hydrogens (tertiary/aromatic N) is 1. The molecule has 0 bridgehead atoms. The van der Waals surface area contributed by atoms with Crippen molar-refractivity contribution in [2.45, 2.75) is 6.04 Å². The first-order valence-corrected chi connectivity index (χ1v) is 4.27. The van der Waals surface area contributed by atoms with Gasteiger partial charge in [-0.05, 0) is 0 Å². The van der Waals surface area contributed by atoms with Gasteiger partial charge >= 0.3 is 5.97 Å². The molecule has 62 valence electrons. The fourth-order valence-electron chi connectivity index (χ4n) is 0.402. The molecule has 0 fully saturated rings. The van der Waals surface area contributed by atoms with Crippen molar-refractivity contribution in [2.75, 3.05) is 11.5 Å². The zero-order valence-electron chi connectivity index (χ0n) is 5.69. The Balaban J connectivity index is 3.77. The van der Waals surface area contributed by atoms with E-state index in [1.807, 2.05) is 0 Å². The Morgan fingerprint density at radius 2 is 2.36 bits per heavy atom. The smallest absolute Gasteiger partial charge is 0.321 e. The van der Waals surface area contributed by atoms with Crippen molar-refractivity contribution in [3.05, 3.63) is 0 Å². The van der Waals surface area contributed by atoms with Gasteiger partial charge < -0.3 is 10.8 Å². The number of hydrogen-bond acceptors (Lipinski definition) is 4. The molecule has 5 nitrogen and oxygen atoms in total. The maximum Gasteiger partial charge on any atom is 0.321 e. The van der Waals surface area contributed by atoms with E-state index in [0.29, 0.717) is 0 Å². The highest BCUT2D eigenvalue weighted by Gasteiger charge is 2.14. The van der Waals surface area contributed by atoms with E-state index in [4.69, 9.17) is 16.1 Å². The lowest BCUT2D eigenvalue weighted by atomic mass is 10.4. The van der Waals surface area contributed by atoms with Crippen LogP contribution < -0.4 is 5.73 Å². The van der Waals surface area contributed by atoms with E-state index in [-0.39, 0.29) is 11.5 Å². The van der Waals surface area contributed by atoms with Crippen LogP contribution in [0.4, 0.5) is 0 Å². The first-order valence-electron chi connectivity index (χ1n) is 2.78. The van der Waals surface area contributed by atoms with Crippen LogP contribution in [0.5, 0.6) is 0 Å². The topological polar surface area (TPSA) is 104 Å². The summed E-state index contributed by atoms with van der Waals surface area (Å²) in [5.74, 6) is -1.53. The van der Waals surface area contributed by atoms with Crippen molar-refractivity contribution in [3.8, 4) is 6.07 Å². The third-order valence-corrected chi connectivity index (χ3v) is 2.09. The third-order valence-electron chi connectivity index (χ3n) is 0.908. The van der Waals surface area contributed by atoms with Crippen molar-refractivity contribution in [1.29, 1.82) is 5.26 Å². The zero-order chi connectivity index (χ0) is 8.85. The molecule has 0 rings (SSSR count). The highest BCUT2D eigenvalue weighted by Crippen LogP contribution is 1.86. The first kappa shape index (κ1) is 10.1. The van der Waals surface area contributed by atoms with Gasteiger partial charge in [0, 0.05) is 10.8 Å². The molecule has 11 heavy (non-hydrogen) atoms. The van der Waals surface area contributed by atoms with E-state index in [1.54, 1.807) is 6.07 Å². The molecule has 0 aromatic rings. The Hall–Kier alpha value is -0.930. The second-order valence-corrected chi connectivity index (χ2v) is 3.36. The van der Waals surface area contributed by atoms with Gasteiger partial charge in [0.1, 0.15) is 11.8 Å². The zero-order valence-corrected chi connectivity index (χ0v) is 6.50. The van der Waals surface area contributed by atoms with E-state index in [2.05, 4.69) is 0 Å². The Labute approximate surface area is 66.3 Å². The molecule has 0 aliphatic carbocycles. The van der Waals surface area contributed by atoms with Crippen LogP contribution in [0.1, 0.15) is 0 Å². The molecule has 2 atom stereocenters. The molecule has 0 saturated carbocycles. The lowest BCUT2D eigenvalue weighted by Gasteiger charge is -2.02. The molecule has 0 aromatic carbocycles. The number of hydrogen-bond donors (Lipinski definition) is 2. The summed E-state index contributed by atoms with van der Waals surface area (Å²) >= 11 is 0. The number of aliphatic carboxylic acids is 1. The minimum atomic E-state index is -1.44. The second-order valence-electron chi connectivity index (χ2n) is 1.85. The molecule has 0 radical (unpaired) electrons. The standard InChI is InChI=1S/C5H8N2O3S/c6-1-2-11(10)3-4(7)5(8)9/h4H,2-3,7H2,(H,8,9)/t4-,11?/m0/s1. The molecule has 0 saturated heterocycles. The molecule has 0 aliphatic rings.